The number of piperazine rings is 1. The van der Waals surface area contributed by atoms with Crippen molar-refractivity contribution < 1.29 is 9.59 Å². The van der Waals surface area contributed by atoms with Crippen molar-refractivity contribution in [3.05, 3.63) is 12.7 Å². The molecule has 2 unspecified atom stereocenters. The summed E-state index contributed by atoms with van der Waals surface area (Å²) in [6, 6.07) is 0. The van der Waals surface area contributed by atoms with Crippen molar-refractivity contribution in [2.75, 3.05) is 52.4 Å². The van der Waals surface area contributed by atoms with Crippen LogP contribution in [-0.4, -0.2) is 74.0 Å². The van der Waals surface area contributed by atoms with E-state index in [1.165, 1.54) is 12.8 Å². The number of nitrogens with one attached hydrogen (secondary N) is 2. The Labute approximate surface area is 169 Å². The van der Waals surface area contributed by atoms with E-state index >= 15 is 0 Å². The zero-order chi connectivity index (χ0) is 17.4. The van der Waals surface area contributed by atoms with Crippen LogP contribution in [0.2, 0.25) is 0 Å². The molecule has 6 nitrogen and oxygen atoms in total. The van der Waals surface area contributed by atoms with Crippen LogP contribution in [0.1, 0.15) is 26.2 Å². The second-order valence-electron chi connectivity index (χ2n) is 7.04. The molecule has 0 bridgehead atoms. The van der Waals surface area contributed by atoms with Crippen molar-refractivity contribution in [2.45, 2.75) is 26.2 Å². The first-order valence-electron chi connectivity index (χ1n) is 9.18. The molecule has 2 rings (SSSR count). The van der Waals surface area contributed by atoms with Crippen LogP contribution in [0.3, 0.4) is 0 Å². The van der Waals surface area contributed by atoms with Crippen LogP contribution < -0.4 is 10.6 Å². The van der Waals surface area contributed by atoms with E-state index < -0.39 is 0 Å². The van der Waals surface area contributed by atoms with Crippen molar-refractivity contribution in [3.8, 4) is 0 Å². The Kier molecular flexibility index (Phi) is 12.9. The Balaban J connectivity index is 0.00000312. The van der Waals surface area contributed by atoms with Gasteiger partial charge in [-0.2, -0.15) is 0 Å². The lowest BCUT2D eigenvalue weighted by Crippen LogP contribution is -2.51. The summed E-state index contributed by atoms with van der Waals surface area (Å²) < 4.78 is 0. The molecule has 0 aromatic rings. The zero-order valence-corrected chi connectivity index (χ0v) is 17.4. The molecule has 8 heteroatoms. The van der Waals surface area contributed by atoms with Crippen LogP contribution >= 0.6 is 24.8 Å². The van der Waals surface area contributed by atoms with Crippen LogP contribution in [0, 0.1) is 11.8 Å². The van der Waals surface area contributed by atoms with Crippen LogP contribution in [0.25, 0.3) is 0 Å². The molecule has 2 fully saturated rings. The lowest BCUT2D eigenvalue weighted by Gasteiger charge is -2.35. The predicted molar refractivity (Wildman–Crippen MR) is 110 cm³/mol. The minimum absolute atomic E-state index is 0. The summed E-state index contributed by atoms with van der Waals surface area (Å²) in [7, 11) is 0. The van der Waals surface area contributed by atoms with Gasteiger partial charge in [0.05, 0.1) is 6.54 Å². The molecular formula is C18H34Cl2N4O2. The van der Waals surface area contributed by atoms with Gasteiger partial charge in [-0.05, 0) is 37.8 Å². The molecule has 0 saturated carbocycles. The third kappa shape index (κ3) is 8.25. The summed E-state index contributed by atoms with van der Waals surface area (Å²) in [5, 5.41) is 6.22. The Morgan fingerprint density at radius 2 is 1.96 bits per heavy atom. The van der Waals surface area contributed by atoms with E-state index in [1.807, 2.05) is 4.90 Å². The normalized spacial score (nSPS) is 21.7. The summed E-state index contributed by atoms with van der Waals surface area (Å²) in [5.74, 6) is 1.35. The lowest BCUT2D eigenvalue weighted by atomic mass is 9.85. The number of rotatable bonds is 7. The zero-order valence-electron chi connectivity index (χ0n) is 15.7. The molecule has 0 aromatic carbocycles. The van der Waals surface area contributed by atoms with Gasteiger partial charge in [0.2, 0.25) is 11.8 Å². The third-order valence-electron chi connectivity index (χ3n) is 5.17. The highest BCUT2D eigenvalue weighted by molar-refractivity contribution is 5.85. The highest BCUT2D eigenvalue weighted by Crippen LogP contribution is 2.23. The summed E-state index contributed by atoms with van der Waals surface area (Å²) in [6.45, 7) is 11.8. The Bertz CT molecular complexity index is 437. The number of nitrogens with zero attached hydrogens (tertiary/aromatic N) is 2. The molecule has 2 N–H and O–H groups in total. The highest BCUT2D eigenvalue weighted by Gasteiger charge is 2.26. The fourth-order valence-electron chi connectivity index (χ4n) is 3.54. The molecule has 2 amide bonds. The number of amides is 2. The van der Waals surface area contributed by atoms with Gasteiger partial charge in [0.25, 0.3) is 0 Å². The quantitative estimate of drug-likeness (QED) is 0.623. The molecule has 26 heavy (non-hydrogen) atoms. The molecule has 0 aliphatic carbocycles. The first-order chi connectivity index (χ1) is 11.6. The maximum atomic E-state index is 12.5. The molecule has 2 aliphatic heterocycles. The molecule has 2 aliphatic rings. The summed E-state index contributed by atoms with van der Waals surface area (Å²) in [4.78, 5) is 28.3. The van der Waals surface area contributed by atoms with Gasteiger partial charge in [-0.1, -0.05) is 13.0 Å². The number of hydrogen-bond donors (Lipinski definition) is 2. The van der Waals surface area contributed by atoms with Crippen molar-refractivity contribution in [2.24, 2.45) is 11.8 Å². The molecule has 152 valence electrons. The molecule has 2 heterocycles. The van der Waals surface area contributed by atoms with Gasteiger partial charge in [0.1, 0.15) is 0 Å². The highest BCUT2D eigenvalue weighted by atomic mass is 35.5. The smallest absolute Gasteiger partial charge is 0.234 e. The molecule has 0 spiro atoms. The molecule has 2 saturated heterocycles. The van der Waals surface area contributed by atoms with Gasteiger partial charge in [-0.25, -0.2) is 0 Å². The average molecular weight is 409 g/mol. The summed E-state index contributed by atoms with van der Waals surface area (Å²) in [6.07, 6.45) is 4.77. The van der Waals surface area contributed by atoms with E-state index in [9.17, 15) is 9.59 Å². The van der Waals surface area contributed by atoms with Crippen LogP contribution in [0.4, 0.5) is 0 Å². The van der Waals surface area contributed by atoms with Crippen LogP contribution in [0.15, 0.2) is 12.7 Å². The minimum Gasteiger partial charge on any atom is -0.352 e. The predicted octanol–water partition coefficient (Wildman–Crippen LogP) is 1.30. The maximum absolute atomic E-state index is 12.5. The van der Waals surface area contributed by atoms with Gasteiger partial charge >= 0.3 is 0 Å². The van der Waals surface area contributed by atoms with Gasteiger partial charge in [0, 0.05) is 39.1 Å². The van der Waals surface area contributed by atoms with E-state index in [0.29, 0.717) is 31.3 Å². The lowest BCUT2D eigenvalue weighted by molar-refractivity contribution is -0.134. The maximum Gasteiger partial charge on any atom is 0.234 e. The Morgan fingerprint density at radius 1 is 1.27 bits per heavy atom. The van der Waals surface area contributed by atoms with Crippen molar-refractivity contribution in [1.29, 1.82) is 0 Å². The van der Waals surface area contributed by atoms with E-state index in [1.54, 1.807) is 6.08 Å². The minimum atomic E-state index is 0. The number of hydrogen-bond acceptors (Lipinski definition) is 4. The van der Waals surface area contributed by atoms with Crippen molar-refractivity contribution in [1.82, 2.24) is 20.4 Å². The molecule has 0 aromatic heterocycles. The SMILES string of the molecule is C=CCNC(=O)CN1CCN(C(=O)CC(C)C2CCCNC2)CC1.Cl.Cl. The van der Waals surface area contributed by atoms with Gasteiger partial charge in [-0.3, -0.25) is 14.5 Å². The Hall–Kier alpha value is -0.820. The molecular weight excluding hydrogens is 375 g/mol. The van der Waals surface area contributed by atoms with E-state index in [0.717, 1.165) is 39.3 Å². The monoisotopic (exact) mass is 408 g/mol. The van der Waals surface area contributed by atoms with E-state index in [4.69, 9.17) is 0 Å². The number of piperidine rings is 1. The molecule has 0 radical (unpaired) electrons. The number of carbonyl (C=O) groups is 2. The van der Waals surface area contributed by atoms with Gasteiger partial charge < -0.3 is 15.5 Å². The van der Waals surface area contributed by atoms with Crippen molar-refractivity contribution >= 4 is 36.6 Å². The summed E-state index contributed by atoms with van der Waals surface area (Å²) in [5.41, 5.74) is 0. The first kappa shape index (κ1) is 25.2. The van der Waals surface area contributed by atoms with E-state index in [-0.39, 0.29) is 36.6 Å². The fourth-order valence-corrected chi connectivity index (χ4v) is 3.54. The van der Waals surface area contributed by atoms with Crippen LogP contribution in [0.5, 0.6) is 0 Å². The first-order valence-corrected chi connectivity index (χ1v) is 9.18. The molecule has 2 atom stereocenters. The number of carbonyl (C=O) groups excluding carboxylic acids is 2. The standard InChI is InChI=1S/C18H32N4O2.2ClH/c1-3-6-20-17(23)14-21-8-10-22(11-9-21)18(24)12-15(2)16-5-4-7-19-13-16;;/h3,15-16,19H,1,4-14H2,2H3,(H,20,23);2*1H. The number of halogens is 2. The average Bonchev–Trinajstić information content (AvgIpc) is 2.61. The third-order valence-corrected chi connectivity index (χ3v) is 5.17. The summed E-state index contributed by atoms with van der Waals surface area (Å²) >= 11 is 0. The Morgan fingerprint density at radius 3 is 2.54 bits per heavy atom. The second-order valence-corrected chi connectivity index (χ2v) is 7.04. The second kappa shape index (κ2) is 13.4. The topological polar surface area (TPSA) is 64.7 Å². The largest absolute Gasteiger partial charge is 0.352 e. The van der Waals surface area contributed by atoms with Gasteiger partial charge in [0.15, 0.2) is 0 Å². The van der Waals surface area contributed by atoms with Crippen molar-refractivity contribution in [3.63, 3.8) is 0 Å². The van der Waals surface area contributed by atoms with Crippen LogP contribution in [-0.2, 0) is 9.59 Å². The van der Waals surface area contributed by atoms with E-state index in [2.05, 4.69) is 29.0 Å². The fraction of sp³-hybridized carbons (Fsp3) is 0.778. The van der Waals surface area contributed by atoms with Gasteiger partial charge in [-0.15, -0.1) is 31.4 Å².